The van der Waals surface area contributed by atoms with Gasteiger partial charge >= 0.3 is 0 Å². The minimum Gasteiger partial charge on any atom is -0.354 e. The lowest BCUT2D eigenvalue weighted by Gasteiger charge is -2.35. The number of pyridine rings is 1. The second-order valence-electron chi connectivity index (χ2n) is 7.59. The summed E-state index contributed by atoms with van der Waals surface area (Å²) >= 11 is 1.59. The van der Waals surface area contributed by atoms with Gasteiger partial charge in [0.05, 0.1) is 29.2 Å². The van der Waals surface area contributed by atoms with Crippen LogP contribution in [0.3, 0.4) is 0 Å². The Hall–Kier alpha value is -2.47. The van der Waals surface area contributed by atoms with E-state index in [0.717, 1.165) is 43.0 Å². The highest BCUT2D eigenvalue weighted by atomic mass is 32.1. The van der Waals surface area contributed by atoms with E-state index in [1.54, 1.807) is 11.3 Å². The van der Waals surface area contributed by atoms with Crippen molar-refractivity contribution in [2.24, 2.45) is 5.92 Å². The van der Waals surface area contributed by atoms with Crippen LogP contribution >= 0.6 is 11.3 Å². The zero-order valence-electron chi connectivity index (χ0n) is 15.3. The van der Waals surface area contributed by atoms with Crippen LogP contribution in [0.25, 0.3) is 10.9 Å². The summed E-state index contributed by atoms with van der Waals surface area (Å²) in [5, 5.41) is 3.23. The van der Waals surface area contributed by atoms with Crippen LogP contribution in [-0.4, -0.2) is 39.9 Å². The van der Waals surface area contributed by atoms with Crippen molar-refractivity contribution >= 4 is 34.0 Å². The van der Waals surface area contributed by atoms with Gasteiger partial charge in [0.25, 0.3) is 0 Å². The summed E-state index contributed by atoms with van der Waals surface area (Å²) in [4.78, 5) is 26.7. The van der Waals surface area contributed by atoms with Gasteiger partial charge in [0.2, 0.25) is 5.91 Å². The molecule has 0 aliphatic carbocycles. The van der Waals surface area contributed by atoms with Crippen molar-refractivity contribution < 1.29 is 4.79 Å². The quantitative estimate of drug-likeness (QED) is 0.698. The summed E-state index contributed by atoms with van der Waals surface area (Å²) < 4.78 is 0. The number of rotatable bonds is 3. The van der Waals surface area contributed by atoms with E-state index in [0.29, 0.717) is 6.54 Å². The largest absolute Gasteiger partial charge is 0.354 e. The summed E-state index contributed by atoms with van der Waals surface area (Å²) in [5.74, 6) is 1.32. The topological polar surface area (TPSA) is 49.3 Å². The van der Waals surface area contributed by atoms with Gasteiger partial charge in [-0.05, 0) is 37.5 Å². The number of carbonyl (C=O) groups is 1. The van der Waals surface area contributed by atoms with Gasteiger partial charge in [-0.2, -0.15) is 0 Å². The molecule has 5 heterocycles. The van der Waals surface area contributed by atoms with Gasteiger partial charge in [0.15, 0.2) is 0 Å². The molecular weight excluding hydrogens is 356 g/mol. The maximum absolute atomic E-state index is 13.0. The Labute approximate surface area is 162 Å². The van der Waals surface area contributed by atoms with Crippen LogP contribution in [0.1, 0.15) is 24.1 Å². The van der Waals surface area contributed by atoms with Crippen LogP contribution in [0, 0.1) is 12.8 Å². The van der Waals surface area contributed by atoms with Crippen molar-refractivity contribution in [3.63, 3.8) is 0 Å². The summed E-state index contributed by atoms with van der Waals surface area (Å²) in [5.41, 5.74) is 5.09. The molecule has 6 heteroatoms. The Morgan fingerprint density at radius 1 is 1.22 bits per heavy atom. The van der Waals surface area contributed by atoms with Gasteiger partial charge in [-0.3, -0.25) is 4.79 Å². The van der Waals surface area contributed by atoms with Gasteiger partial charge in [0, 0.05) is 29.9 Å². The Bertz CT molecular complexity index is 987. The van der Waals surface area contributed by atoms with E-state index in [-0.39, 0.29) is 17.9 Å². The minimum absolute atomic E-state index is 0.0518. The first kappa shape index (κ1) is 16.7. The third-order valence-electron chi connectivity index (χ3n) is 5.84. The number of amides is 1. The molecule has 0 unspecified atom stereocenters. The van der Waals surface area contributed by atoms with Gasteiger partial charge in [0.1, 0.15) is 5.82 Å². The lowest BCUT2D eigenvalue weighted by molar-refractivity contribution is -0.140. The van der Waals surface area contributed by atoms with Crippen molar-refractivity contribution in [3.8, 4) is 0 Å². The smallest absolute Gasteiger partial charge is 0.228 e. The number of aromatic nitrogens is 2. The highest BCUT2D eigenvalue weighted by molar-refractivity contribution is 7.07. The number of hydrogen-bond donors (Lipinski definition) is 0. The van der Waals surface area contributed by atoms with Crippen molar-refractivity contribution in [1.29, 1.82) is 0 Å². The summed E-state index contributed by atoms with van der Waals surface area (Å²) in [6.45, 7) is 4.37. The number of piperidine rings is 1. The first-order chi connectivity index (χ1) is 13.2. The SMILES string of the molecule is Cc1cc(N2C[C@H]3CC[C@@H](C2)N(Cc2cscn2)C3=O)nc2ccccc12. The Balaban J connectivity index is 1.47. The van der Waals surface area contributed by atoms with Crippen molar-refractivity contribution in [1.82, 2.24) is 14.9 Å². The molecule has 3 fully saturated rings. The summed E-state index contributed by atoms with van der Waals surface area (Å²) in [6, 6.07) is 10.7. The van der Waals surface area contributed by atoms with E-state index < -0.39 is 0 Å². The van der Waals surface area contributed by atoms with Crippen LogP contribution in [-0.2, 0) is 11.3 Å². The first-order valence-electron chi connectivity index (χ1n) is 9.48. The van der Waals surface area contributed by atoms with Gasteiger partial charge < -0.3 is 9.80 Å². The van der Waals surface area contributed by atoms with Gasteiger partial charge in [-0.25, -0.2) is 9.97 Å². The molecule has 6 rings (SSSR count). The second-order valence-corrected chi connectivity index (χ2v) is 8.31. The zero-order chi connectivity index (χ0) is 18.4. The molecule has 1 amide bonds. The lowest BCUT2D eigenvalue weighted by atomic mass is 9.94. The highest BCUT2D eigenvalue weighted by Crippen LogP contribution is 2.33. The molecule has 3 aliphatic heterocycles. The number of para-hydroxylation sites is 1. The Morgan fingerprint density at radius 3 is 2.96 bits per heavy atom. The van der Waals surface area contributed by atoms with Crippen LogP contribution < -0.4 is 4.90 Å². The molecule has 0 saturated carbocycles. The number of fused-ring (bicyclic) bond motifs is 5. The second kappa shape index (κ2) is 6.60. The maximum Gasteiger partial charge on any atom is 0.228 e. The molecule has 1 aromatic carbocycles. The highest BCUT2D eigenvalue weighted by Gasteiger charge is 2.41. The molecule has 0 radical (unpaired) electrons. The molecular formula is C21H22N4OS. The average Bonchev–Trinajstić information content (AvgIpc) is 3.04. The predicted molar refractivity (Wildman–Crippen MR) is 108 cm³/mol. The standard InChI is InChI=1S/C21H22N4OS/c1-14-8-20(23-19-5-3-2-4-18(14)19)24-9-15-6-7-17(11-24)25(21(15)26)10-16-12-27-13-22-16/h2-5,8,12-13,15,17H,6-7,9-11H2,1H3/t15-,17+/m1/s1. The third kappa shape index (κ3) is 2.98. The first-order valence-corrected chi connectivity index (χ1v) is 10.4. The number of aryl methyl sites for hydroxylation is 1. The normalized spacial score (nSPS) is 22.5. The molecule has 27 heavy (non-hydrogen) atoms. The molecule has 3 aliphatic rings. The molecule has 2 atom stereocenters. The summed E-state index contributed by atoms with van der Waals surface area (Å²) in [7, 11) is 0. The third-order valence-corrected chi connectivity index (χ3v) is 6.48. The molecule has 0 spiro atoms. The fourth-order valence-electron chi connectivity index (χ4n) is 4.42. The molecule has 2 bridgehead atoms. The van der Waals surface area contributed by atoms with Gasteiger partial charge in [-0.15, -0.1) is 11.3 Å². The lowest BCUT2D eigenvalue weighted by Crippen LogP contribution is -2.47. The minimum atomic E-state index is 0.0518. The van der Waals surface area contributed by atoms with Crippen LogP contribution in [0.2, 0.25) is 0 Å². The number of thiazole rings is 1. The fraction of sp³-hybridized carbons (Fsp3) is 0.381. The van der Waals surface area contributed by atoms with Crippen molar-refractivity contribution in [3.05, 3.63) is 52.5 Å². The van der Waals surface area contributed by atoms with E-state index in [2.05, 4.69) is 46.0 Å². The van der Waals surface area contributed by atoms with E-state index in [9.17, 15) is 4.79 Å². The number of hydrogen-bond acceptors (Lipinski definition) is 5. The molecule has 0 N–H and O–H groups in total. The Kier molecular flexibility index (Phi) is 4.08. The predicted octanol–water partition coefficient (Wildman–Crippen LogP) is 3.63. The Morgan fingerprint density at radius 2 is 2.11 bits per heavy atom. The number of anilines is 1. The van der Waals surface area contributed by atoms with Crippen LogP contribution in [0.4, 0.5) is 5.82 Å². The number of nitrogens with zero attached hydrogens (tertiary/aromatic N) is 4. The number of benzene rings is 1. The maximum atomic E-state index is 13.0. The van der Waals surface area contributed by atoms with E-state index in [4.69, 9.17) is 4.98 Å². The molecule has 138 valence electrons. The van der Waals surface area contributed by atoms with E-state index >= 15 is 0 Å². The van der Waals surface area contributed by atoms with Gasteiger partial charge in [-0.1, -0.05) is 18.2 Å². The molecule has 3 aromatic rings. The van der Waals surface area contributed by atoms with Crippen LogP contribution in [0.5, 0.6) is 0 Å². The van der Waals surface area contributed by atoms with Crippen LogP contribution in [0.15, 0.2) is 41.2 Å². The fourth-order valence-corrected chi connectivity index (χ4v) is 4.97. The molecule has 2 aromatic heterocycles. The van der Waals surface area contributed by atoms with E-state index in [1.165, 1.54) is 10.9 Å². The van der Waals surface area contributed by atoms with Crippen molar-refractivity contribution in [2.75, 3.05) is 18.0 Å². The van der Waals surface area contributed by atoms with E-state index in [1.807, 2.05) is 17.0 Å². The molecule has 3 saturated heterocycles. The summed E-state index contributed by atoms with van der Waals surface area (Å²) in [6.07, 6.45) is 2.03. The molecule has 5 nitrogen and oxygen atoms in total. The monoisotopic (exact) mass is 378 g/mol. The average molecular weight is 379 g/mol. The zero-order valence-corrected chi connectivity index (χ0v) is 16.2. The van der Waals surface area contributed by atoms with Crippen molar-refractivity contribution in [2.45, 2.75) is 32.4 Å². The number of carbonyl (C=O) groups excluding carboxylic acids is 1.